The van der Waals surface area contributed by atoms with Crippen LogP contribution in [0.15, 0.2) is 0 Å². The number of aromatic amines is 1. The average molecular weight is 336 g/mol. The van der Waals surface area contributed by atoms with Gasteiger partial charge in [-0.1, -0.05) is 19.8 Å². The fourth-order valence-electron chi connectivity index (χ4n) is 3.05. The fraction of sp³-hybridized carbons (Fsp3) is 0.588. The van der Waals surface area contributed by atoms with Crippen molar-refractivity contribution in [3.63, 3.8) is 0 Å². The van der Waals surface area contributed by atoms with Gasteiger partial charge in [-0.05, 0) is 31.7 Å². The summed E-state index contributed by atoms with van der Waals surface area (Å²) in [7, 11) is 1.29. The molecule has 7 nitrogen and oxygen atoms in total. The van der Waals surface area contributed by atoms with E-state index in [0.717, 1.165) is 25.7 Å². The summed E-state index contributed by atoms with van der Waals surface area (Å²) in [4.78, 5) is 38.8. The maximum atomic E-state index is 12.2. The minimum atomic E-state index is -0.654. The zero-order valence-corrected chi connectivity index (χ0v) is 14.4. The summed E-state index contributed by atoms with van der Waals surface area (Å²) in [6.45, 7) is 3.18. The third-order valence-electron chi connectivity index (χ3n) is 4.33. The van der Waals surface area contributed by atoms with E-state index in [1.807, 2.05) is 6.92 Å². The number of methoxy groups -OCH3 is 1. The highest BCUT2D eigenvalue weighted by molar-refractivity contribution is 5.99. The highest BCUT2D eigenvalue weighted by Gasteiger charge is 2.25. The molecule has 0 unspecified atom stereocenters. The van der Waals surface area contributed by atoms with Gasteiger partial charge in [0, 0.05) is 11.7 Å². The number of nitrogens with one attached hydrogen (secondary N) is 2. The molecule has 1 aliphatic carbocycles. The van der Waals surface area contributed by atoms with Crippen LogP contribution in [-0.2, 0) is 20.7 Å². The van der Waals surface area contributed by atoms with Gasteiger partial charge in [-0.3, -0.25) is 4.79 Å². The van der Waals surface area contributed by atoms with Crippen LogP contribution in [0.25, 0.3) is 0 Å². The molecule has 0 aliphatic heterocycles. The van der Waals surface area contributed by atoms with Gasteiger partial charge in [0.05, 0.1) is 12.7 Å². The Hall–Kier alpha value is -2.31. The SMILES string of the molecule is CCc1[nH]c(C(=O)OCC(=O)NC2CCCC2)c(C)c1C(=O)OC. The van der Waals surface area contributed by atoms with Crippen LogP contribution in [0, 0.1) is 6.92 Å². The molecule has 2 N–H and O–H groups in total. The second-order valence-electron chi connectivity index (χ2n) is 5.95. The summed E-state index contributed by atoms with van der Waals surface area (Å²) in [5.41, 5.74) is 1.62. The maximum absolute atomic E-state index is 12.2. The Bertz CT molecular complexity index is 629. The molecule has 1 aromatic rings. The van der Waals surface area contributed by atoms with Gasteiger partial charge in [0.1, 0.15) is 5.69 Å². The van der Waals surface area contributed by atoms with Gasteiger partial charge in [-0.25, -0.2) is 9.59 Å². The van der Waals surface area contributed by atoms with E-state index in [0.29, 0.717) is 23.2 Å². The molecule has 0 saturated heterocycles. The number of carbonyl (C=O) groups excluding carboxylic acids is 3. The first-order chi connectivity index (χ1) is 11.5. The Balaban J connectivity index is 2.00. The zero-order chi connectivity index (χ0) is 17.7. The number of aromatic nitrogens is 1. The summed E-state index contributed by atoms with van der Waals surface area (Å²) in [6.07, 6.45) is 4.71. The number of rotatable bonds is 6. The van der Waals surface area contributed by atoms with Crippen LogP contribution in [0.2, 0.25) is 0 Å². The molecule has 0 atom stereocenters. The van der Waals surface area contributed by atoms with E-state index >= 15 is 0 Å². The lowest BCUT2D eigenvalue weighted by molar-refractivity contribution is -0.124. The molecular formula is C17H24N2O5. The summed E-state index contributed by atoms with van der Waals surface area (Å²) < 4.78 is 9.82. The lowest BCUT2D eigenvalue weighted by Crippen LogP contribution is -2.36. The predicted octanol–water partition coefficient (Wildman–Crippen LogP) is 1.89. The van der Waals surface area contributed by atoms with Gasteiger partial charge < -0.3 is 19.8 Å². The molecule has 2 rings (SSSR count). The van der Waals surface area contributed by atoms with Crippen LogP contribution in [0.4, 0.5) is 0 Å². The largest absolute Gasteiger partial charge is 0.465 e. The van der Waals surface area contributed by atoms with Crippen LogP contribution in [0.1, 0.15) is 64.7 Å². The Morgan fingerprint density at radius 2 is 1.88 bits per heavy atom. The van der Waals surface area contributed by atoms with Crippen molar-refractivity contribution < 1.29 is 23.9 Å². The lowest BCUT2D eigenvalue weighted by atomic mass is 10.1. The van der Waals surface area contributed by atoms with Crippen LogP contribution in [0.3, 0.4) is 0 Å². The van der Waals surface area contributed by atoms with Gasteiger partial charge in [0.2, 0.25) is 0 Å². The van der Waals surface area contributed by atoms with Crippen LogP contribution < -0.4 is 5.32 Å². The van der Waals surface area contributed by atoms with E-state index in [4.69, 9.17) is 9.47 Å². The number of aryl methyl sites for hydroxylation is 1. The molecule has 0 radical (unpaired) electrons. The number of H-pyrrole nitrogens is 1. The number of ether oxygens (including phenoxy) is 2. The number of hydrogen-bond acceptors (Lipinski definition) is 5. The summed E-state index contributed by atoms with van der Waals surface area (Å²) in [5.74, 6) is -1.46. The van der Waals surface area contributed by atoms with Crippen molar-refractivity contribution in [1.82, 2.24) is 10.3 Å². The number of hydrogen-bond donors (Lipinski definition) is 2. The molecule has 1 aromatic heterocycles. The van der Waals surface area contributed by atoms with Crippen molar-refractivity contribution in [3.8, 4) is 0 Å². The number of carbonyl (C=O) groups is 3. The summed E-state index contributed by atoms with van der Waals surface area (Å²) in [6, 6.07) is 0.182. The Labute approximate surface area is 141 Å². The molecule has 1 saturated carbocycles. The highest BCUT2D eigenvalue weighted by Crippen LogP contribution is 2.21. The topological polar surface area (TPSA) is 97.5 Å². The molecule has 1 heterocycles. The van der Waals surface area contributed by atoms with Gasteiger partial charge in [0.15, 0.2) is 6.61 Å². The summed E-state index contributed by atoms with van der Waals surface area (Å²) in [5, 5.41) is 2.85. The monoisotopic (exact) mass is 336 g/mol. The van der Waals surface area contributed by atoms with E-state index in [1.165, 1.54) is 7.11 Å². The standard InChI is InChI=1S/C17H24N2O5/c1-4-12-14(16(21)23-3)10(2)15(19-12)17(22)24-9-13(20)18-11-7-5-6-8-11/h11,19H,4-9H2,1-3H3,(H,18,20). The van der Waals surface area contributed by atoms with Crippen LogP contribution in [-0.4, -0.2) is 42.6 Å². The Kier molecular flexibility index (Phi) is 6.00. The minimum Gasteiger partial charge on any atom is -0.465 e. The molecule has 7 heteroatoms. The predicted molar refractivity (Wildman–Crippen MR) is 86.9 cm³/mol. The van der Waals surface area contributed by atoms with Crippen LogP contribution in [0.5, 0.6) is 0 Å². The molecule has 0 bridgehead atoms. The van der Waals surface area contributed by atoms with Crippen molar-refractivity contribution in [1.29, 1.82) is 0 Å². The first-order valence-corrected chi connectivity index (χ1v) is 8.24. The van der Waals surface area contributed by atoms with Gasteiger partial charge in [-0.2, -0.15) is 0 Å². The first-order valence-electron chi connectivity index (χ1n) is 8.24. The number of esters is 2. The number of amides is 1. The lowest BCUT2D eigenvalue weighted by Gasteiger charge is -2.11. The third-order valence-corrected chi connectivity index (χ3v) is 4.33. The van der Waals surface area contributed by atoms with Crippen molar-refractivity contribution >= 4 is 17.8 Å². The van der Waals surface area contributed by atoms with E-state index < -0.39 is 11.9 Å². The van der Waals surface area contributed by atoms with E-state index in [1.54, 1.807) is 6.92 Å². The first kappa shape index (κ1) is 18.0. The van der Waals surface area contributed by atoms with Crippen molar-refractivity contribution in [3.05, 3.63) is 22.5 Å². The molecule has 1 amide bonds. The second-order valence-corrected chi connectivity index (χ2v) is 5.95. The van der Waals surface area contributed by atoms with E-state index in [-0.39, 0.29) is 24.2 Å². The second kappa shape index (κ2) is 7.99. The normalized spacial score (nSPS) is 14.5. The Morgan fingerprint density at radius 3 is 2.46 bits per heavy atom. The summed E-state index contributed by atoms with van der Waals surface area (Å²) >= 11 is 0. The highest BCUT2D eigenvalue weighted by atomic mass is 16.5. The molecule has 1 aliphatic rings. The van der Waals surface area contributed by atoms with Crippen molar-refractivity contribution in [2.75, 3.05) is 13.7 Å². The van der Waals surface area contributed by atoms with Gasteiger partial charge in [-0.15, -0.1) is 0 Å². The molecule has 132 valence electrons. The van der Waals surface area contributed by atoms with Gasteiger partial charge in [0.25, 0.3) is 5.91 Å². The average Bonchev–Trinajstić information content (AvgIpc) is 3.19. The van der Waals surface area contributed by atoms with E-state index in [2.05, 4.69) is 10.3 Å². The molecule has 1 fully saturated rings. The molecule has 24 heavy (non-hydrogen) atoms. The molecule has 0 spiro atoms. The third kappa shape index (κ3) is 3.96. The fourth-order valence-corrected chi connectivity index (χ4v) is 3.05. The zero-order valence-electron chi connectivity index (χ0n) is 14.4. The quantitative estimate of drug-likeness (QED) is 0.773. The van der Waals surface area contributed by atoms with Gasteiger partial charge >= 0.3 is 11.9 Å². The molecule has 0 aromatic carbocycles. The van der Waals surface area contributed by atoms with Crippen molar-refractivity contribution in [2.24, 2.45) is 0 Å². The maximum Gasteiger partial charge on any atom is 0.355 e. The smallest absolute Gasteiger partial charge is 0.355 e. The minimum absolute atomic E-state index is 0.181. The van der Waals surface area contributed by atoms with Crippen LogP contribution >= 0.6 is 0 Å². The Morgan fingerprint density at radius 1 is 1.21 bits per heavy atom. The molecular weight excluding hydrogens is 312 g/mol. The van der Waals surface area contributed by atoms with E-state index in [9.17, 15) is 14.4 Å². The van der Waals surface area contributed by atoms with Crippen molar-refractivity contribution in [2.45, 2.75) is 52.0 Å².